The molecule has 4 heteroatoms. The summed E-state index contributed by atoms with van der Waals surface area (Å²) in [6, 6.07) is 8.34. The van der Waals surface area contributed by atoms with E-state index in [1.807, 2.05) is 12.1 Å². The van der Waals surface area contributed by atoms with Crippen molar-refractivity contribution in [3.8, 4) is 5.75 Å². The van der Waals surface area contributed by atoms with Crippen LogP contribution in [-0.2, 0) is 0 Å². The van der Waals surface area contributed by atoms with Gasteiger partial charge in [-0.2, -0.15) is 0 Å². The molecule has 1 aromatic carbocycles. The molecule has 1 aliphatic rings. The Balaban J connectivity index is 0.00000220. The largest absolute Gasteiger partial charge is 0.147 e. The molecule has 0 bridgehead atoms. The predicted octanol–water partition coefficient (Wildman–Crippen LogP) is 4.65. The van der Waals surface area contributed by atoms with Crippen molar-refractivity contribution >= 4 is 27.1 Å². The van der Waals surface area contributed by atoms with Crippen LogP contribution in [0.4, 0.5) is 0 Å². The van der Waals surface area contributed by atoms with Crippen molar-refractivity contribution in [3.05, 3.63) is 29.8 Å². The van der Waals surface area contributed by atoms with Crippen LogP contribution in [0.1, 0.15) is 43.6 Å². The van der Waals surface area contributed by atoms with Gasteiger partial charge in [0.15, 0.2) is 0 Å². The molecule has 0 aromatic heterocycles. The molecule has 1 atom stereocenters. The van der Waals surface area contributed by atoms with Crippen molar-refractivity contribution in [2.24, 2.45) is 0 Å². The van der Waals surface area contributed by atoms with Crippen LogP contribution < -0.4 is 4.74 Å². The van der Waals surface area contributed by atoms with Gasteiger partial charge >= 0.3 is 127 Å². The van der Waals surface area contributed by atoms with Gasteiger partial charge in [-0.15, -0.1) is 12.4 Å². The van der Waals surface area contributed by atoms with Gasteiger partial charge in [-0.3, -0.25) is 0 Å². The second-order valence-electron chi connectivity index (χ2n) is 6.25. The van der Waals surface area contributed by atoms with E-state index in [-0.39, 0.29) is 12.4 Å². The molecule has 0 radical (unpaired) electrons. The van der Waals surface area contributed by atoms with E-state index in [1.54, 1.807) is 7.11 Å². The van der Waals surface area contributed by atoms with Gasteiger partial charge in [0.1, 0.15) is 0 Å². The number of ether oxygens (including phenoxy) is 1. The molecule has 2 nitrogen and oxygen atoms in total. The number of benzene rings is 1. The van der Waals surface area contributed by atoms with Gasteiger partial charge in [0.05, 0.1) is 0 Å². The fourth-order valence-corrected chi connectivity index (χ4v) is 5.99. The molecule has 0 aliphatic heterocycles. The topological polar surface area (TPSA) is 29.5 Å². The summed E-state index contributed by atoms with van der Waals surface area (Å²) in [6.07, 6.45) is 5.54. The summed E-state index contributed by atoms with van der Waals surface area (Å²) in [5.41, 5.74) is 5.58. The molecule has 1 aromatic rings. The van der Waals surface area contributed by atoms with Crippen LogP contribution in [0.5, 0.6) is 5.75 Å². The van der Waals surface area contributed by atoms with Crippen LogP contribution in [0.3, 0.4) is 0 Å². The monoisotopic (exact) mass is 374 g/mol. The summed E-state index contributed by atoms with van der Waals surface area (Å²) in [5, 5.41) is 12.3. The number of methoxy groups -OCH3 is 1. The maximum absolute atomic E-state index is 11.2. The Morgan fingerprint density at radius 2 is 1.71 bits per heavy atom. The van der Waals surface area contributed by atoms with E-state index >= 15 is 0 Å². The van der Waals surface area contributed by atoms with Crippen molar-refractivity contribution in [3.63, 3.8) is 0 Å². The first kappa shape index (κ1) is 18.9. The van der Waals surface area contributed by atoms with Gasteiger partial charge in [0, 0.05) is 0 Å². The first-order valence-corrected chi connectivity index (χ1v) is 12.6. The Morgan fingerprint density at radius 3 is 2.19 bits per heavy atom. The van der Waals surface area contributed by atoms with E-state index < -0.39 is 20.3 Å². The SMILES string of the molecule is COc1ccc(C(C[As](C)C)C2(O)CCCCC2)cc1.Cl. The normalized spacial score (nSPS) is 18.9. The summed E-state index contributed by atoms with van der Waals surface area (Å²) in [7, 11) is 1.70. The van der Waals surface area contributed by atoms with Crippen LogP contribution in [0, 0.1) is 0 Å². The van der Waals surface area contributed by atoms with Crippen molar-refractivity contribution in [1.82, 2.24) is 0 Å². The number of hydrogen-bond donors (Lipinski definition) is 1. The fourth-order valence-electron chi connectivity index (χ4n) is 3.30. The molecule has 1 fully saturated rings. The number of halogens is 1. The van der Waals surface area contributed by atoms with Crippen LogP contribution in [0.2, 0.25) is 16.6 Å². The predicted molar refractivity (Wildman–Crippen MR) is 93.3 cm³/mol. The quantitative estimate of drug-likeness (QED) is 0.760. The molecule has 0 spiro atoms. The Morgan fingerprint density at radius 1 is 1.14 bits per heavy atom. The molecule has 120 valence electrons. The summed E-state index contributed by atoms with van der Waals surface area (Å²) in [6.45, 7) is 0. The number of hydrogen-bond acceptors (Lipinski definition) is 2. The van der Waals surface area contributed by atoms with Crippen molar-refractivity contribution in [2.45, 2.75) is 60.3 Å². The Bertz CT molecular complexity index is 413. The Labute approximate surface area is 140 Å². The first-order valence-electron chi connectivity index (χ1n) is 7.56. The minimum atomic E-state index is -0.789. The molecular formula is C17H28AsClO2. The standard InChI is InChI=1S/C17H27AsO2.ClH/c1-18(2)13-16(17(19)11-5-4-6-12-17)14-7-9-15(20-3)10-8-14;/h7-10,16,19H,4-6,11-13H2,1-3H3;1H. The van der Waals surface area contributed by atoms with E-state index in [1.165, 1.54) is 30.0 Å². The summed E-state index contributed by atoms with van der Waals surface area (Å²) < 4.78 is 5.25. The van der Waals surface area contributed by atoms with Crippen LogP contribution in [0.15, 0.2) is 24.3 Å². The van der Waals surface area contributed by atoms with E-state index in [2.05, 4.69) is 23.6 Å². The second-order valence-corrected chi connectivity index (χ2v) is 11.5. The van der Waals surface area contributed by atoms with Gasteiger partial charge in [0.25, 0.3) is 0 Å². The molecule has 0 heterocycles. The molecule has 2 rings (SSSR count). The minimum Gasteiger partial charge on any atom is -0.147 e. The third-order valence-corrected chi connectivity index (χ3v) is 6.73. The van der Waals surface area contributed by atoms with Crippen LogP contribution in [0.25, 0.3) is 0 Å². The molecule has 1 saturated carbocycles. The maximum atomic E-state index is 11.2. The van der Waals surface area contributed by atoms with E-state index in [4.69, 9.17) is 4.74 Å². The van der Waals surface area contributed by atoms with Gasteiger partial charge < -0.3 is 0 Å². The van der Waals surface area contributed by atoms with Crippen molar-refractivity contribution < 1.29 is 9.84 Å². The second kappa shape index (κ2) is 8.46. The fraction of sp³-hybridized carbons (Fsp3) is 0.647. The number of rotatable bonds is 5. The van der Waals surface area contributed by atoms with Crippen LogP contribution >= 0.6 is 12.4 Å². The smallest absolute Gasteiger partial charge is 0.147 e. The van der Waals surface area contributed by atoms with Crippen LogP contribution in [-0.4, -0.2) is 32.5 Å². The molecule has 1 N–H and O–H groups in total. The third kappa shape index (κ3) is 4.91. The zero-order valence-corrected chi connectivity index (χ0v) is 16.0. The van der Waals surface area contributed by atoms with Gasteiger partial charge in [0.2, 0.25) is 0 Å². The van der Waals surface area contributed by atoms with Crippen molar-refractivity contribution in [1.29, 1.82) is 0 Å². The van der Waals surface area contributed by atoms with E-state index in [0.717, 1.165) is 18.6 Å². The molecule has 0 amide bonds. The van der Waals surface area contributed by atoms with E-state index in [9.17, 15) is 5.11 Å². The van der Waals surface area contributed by atoms with Gasteiger partial charge in [-0.25, -0.2) is 0 Å². The molecule has 1 aliphatic carbocycles. The summed E-state index contributed by atoms with van der Waals surface area (Å²) in [4.78, 5) is 0. The summed E-state index contributed by atoms with van der Waals surface area (Å²) in [5.74, 6) is 1.20. The maximum Gasteiger partial charge on any atom is -0.147 e. The Hall–Kier alpha value is -0.172. The molecule has 1 unspecified atom stereocenters. The molecular weight excluding hydrogens is 347 g/mol. The van der Waals surface area contributed by atoms with Crippen molar-refractivity contribution in [2.75, 3.05) is 7.11 Å². The Kier molecular flexibility index (Phi) is 7.60. The van der Waals surface area contributed by atoms with Gasteiger partial charge in [-0.1, -0.05) is 0 Å². The average Bonchev–Trinajstić information content (AvgIpc) is 2.45. The third-order valence-electron chi connectivity index (χ3n) is 4.43. The summed E-state index contributed by atoms with van der Waals surface area (Å²) >= 11 is -0.789. The minimum absolute atomic E-state index is 0. The number of aliphatic hydroxyl groups is 1. The zero-order valence-electron chi connectivity index (χ0n) is 13.3. The first-order chi connectivity index (χ1) is 9.55. The van der Waals surface area contributed by atoms with E-state index in [0.29, 0.717) is 5.92 Å². The van der Waals surface area contributed by atoms with Gasteiger partial charge in [-0.05, 0) is 0 Å². The average molecular weight is 375 g/mol. The molecule has 0 saturated heterocycles. The molecule has 21 heavy (non-hydrogen) atoms. The zero-order chi connectivity index (χ0) is 14.6.